The number of pyridine rings is 1. The molecular formula is C15H22IN5. The summed E-state index contributed by atoms with van der Waals surface area (Å²) >= 11 is 0. The summed E-state index contributed by atoms with van der Waals surface area (Å²) in [4.78, 5) is 4.44. The number of guanidine groups is 1. The summed E-state index contributed by atoms with van der Waals surface area (Å²) in [7, 11) is 0. The lowest BCUT2D eigenvalue weighted by Gasteiger charge is -2.23. The number of nitrogens with two attached hydrogens (primary N) is 1. The molecule has 0 radical (unpaired) electrons. The molecule has 2 aromatic rings. The molecule has 3 N–H and O–H groups in total. The van der Waals surface area contributed by atoms with Crippen LogP contribution in [0.3, 0.4) is 0 Å². The van der Waals surface area contributed by atoms with E-state index in [9.17, 15) is 0 Å². The second kappa shape index (κ2) is 7.63. The first-order chi connectivity index (χ1) is 9.83. The zero-order valence-electron chi connectivity index (χ0n) is 12.0. The number of halogens is 1. The number of rotatable bonds is 3. The number of hydrogen-bond acceptors (Lipinski definition) is 2. The van der Waals surface area contributed by atoms with E-state index >= 15 is 0 Å². The third-order valence-corrected chi connectivity index (χ3v) is 3.88. The molecule has 0 spiro atoms. The number of nitrogens with one attached hydrogen (secondary N) is 1. The molecule has 1 aliphatic rings. The highest BCUT2D eigenvalue weighted by atomic mass is 127. The van der Waals surface area contributed by atoms with Gasteiger partial charge in [-0.05, 0) is 25.0 Å². The van der Waals surface area contributed by atoms with Gasteiger partial charge in [0.1, 0.15) is 0 Å². The van der Waals surface area contributed by atoms with E-state index in [0.717, 1.165) is 11.1 Å². The van der Waals surface area contributed by atoms with Gasteiger partial charge < -0.3 is 11.1 Å². The average molecular weight is 399 g/mol. The molecule has 0 bridgehead atoms. The number of nitrogens with zero attached hydrogens (tertiary/aromatic N) is 3. The maximum absolute atomic E-state index is 5.98. The van der Waals surface area contributed by atoms with E-state index in [4.69, 9.17) is 5.73 Å². The fourth-order valence-corrected chi connectivity index (χ4v) is 2.78. The van der Waals surface area contributed by atoms with Crippen molar-refractivity contribution in [2.75, 3.05) is 0 Å². The first-order valence-electron chi connectivity index (χ1n) is 7.30. The predicted molar refractivity (Wildman–Crippen MR) is 95.9 cm³/mol. The summed E-state index contributed by atoms with van der Waals surface area (Å²) in [5.41, 5.74) is 8.16. The fourth-order valence-electron chi connectivity index (χ4n) is 2.78. The van der Waals surface area contributed by atoms with E-state index in [0.29, 0.717) is 18.5 Å². The lowest BCUT2D eigenvalue weighted by Crippen LogP contribution is -2.41. The number of aromatic nitrogens is 2. The zero-order valence-corrected chi connectivity index (χ0v) is 14.4. The zero-order chi connectivity index (χ0) is 13.8. The Morgan fingerprint density at radius 2 is 2.14 bits per heavy atom. The van der Waals surface area contributed by atoms with Crippen molar-refractivity contribution in [3.63, 3.8) is 0 Å². The smallest absolute Gasteiger partial charge is 0.189 e. The van der Waals surface area contributed by atoms with Gasteiger partial charge in [0.05, 0.1) is 18.3 Å². The molecule has 0 saturated heterocycles. The SMILES string of the molecule is I.NC(=NCc1cnn2ccccc12)NC1CCCCC1. The summed E-state index contributed by atoms with van der Waals surface area (Å²) in [6.07, 6.45) is 10.1. The topological polar surface area (TPSA) is 67.7 Å². The van der Waals surface area contributed by atoms with Crippen molar-refractivity contribution < 1.29 is 0 Å². The molecule has 1 aliphatic carbocycles. The van der Waals surface area contributed by atoms with Crippen LogP contribution in [0.15, 0.2) is 35.6 Å². The Bertz CT molecular complexity index is 601. The molecule has 0 atom stereocenters. The van der Waals surface area contributed by atoms with Crippen molar-refractivity contribution >= 4 is 35.5 Å². The molecule has 6 heteroatoms. The highest BCUT2D eigenvalue weighted by Crippen LogP contribution is 2.17. The summed E-state index contributed by atoms with van der Waals surface area (Å²) in [5.74, 6) is 0.548. The number of aliphatic imine (C=N–C) groups is 1. The van der Waals surface area contributed by atoms with Gasteiger partial charge in [-0.3, -0.25) is 0 Å². The third-order valence-electron chi connectivity index (χ3n) is 3.88. The molecule has 5 nitrogen and oxygen atoms in total. The van der Waals surface area contributed by atoms with Crippen molar-refractivity contribution in [1.82, 2.24) is 14.9 Å². The molecule has 0 amide bonds. The van der Waals surface area contributed by atoms with E-state index in [1.807, 2.05) is 35.1 Å². The molecule has 114 valence electrons. The van der Waals surface area contributed by atoms with E-state index in [1.54, 1.807) is 0 Å². The summed E-state index contributed by atoms with van der Waals surface area (Å²) in [6.45, 7) is 0.569. The first kappa shape index (κ1) is 16.1. The van der Waals surface area contributed by atoms with Crippen molar-refractivity contribution in [2.45, 2.75) is 44.7 Å². The van der Waals surface area contributed by atoms with Crippen LogP contribution in [-0.4, -0.2) is 21.6 Å². The third kappa shape index (κ3) is 4.09. The average Bonchev–Trinajstić information content (AvgIpc) is 2.89. The molecule has 3 rings (SSSR count). The Kier molecular flexibility index (Phi) is 5.84. The monoisotopic (exact) mass is 399 g/mol. The quantitative estimate of drug-likeness (QED) is 0.474. The first-order valence-corrected chi connectivity index (χ1v) is 7.30. The summed E-state index contributed by atoms with van der Waals surface area (Å²) < 4.78 is 1.86. The van der Waals surface area contributed by atoms with Gasteiger partial charge in [-0.2, -0.15) is 5.10 Å². The van der Waals surface area contributed by atoms with Gasteiger partial charge in [0, 0.05) is 17.8 Å². The van der Waals surface area contributed by atoms with Crippen molar-refractivity contribution in [3.05, 3.63) is 36.2 Å². The van der Waals surface area contributed by atoms with E-state index in [1.165, 1.54) is 32.1 Å². The molecule has 1 saturated carbocycles. The lowest BCUT2D eigenvalue weighted by atomic mass is 9.96. The molecule has 2 heterocycles. The Hall–Kier alpha value is -1.31. The maximum atomic E-state index is 5.98. The van der Waals surface area contributed by atoms with Gasteiger partial charge in [-0.25, -0.2) is 9.51 Å². The molecule has 21 heavy (non-hydrogen) atoms. The van der Waals surface area contributed by atoms with Crippen LogP contribution in [0.1, 0.15) is 37.7 Å². The molecule has 0 unspecified atom stereocenters. The Morgan fingerprint density at radius 1 is 1.33 bits per heavy atom. The highest BCUT2D eigenvalue weighted by molar-refractivity contribution is 14.0. The highest BCUT2D eigenvalue weighted by Gasteiger charge is 2.13. The van der Waals surface area contributed by atoms with E-state index in [2.05, 4.69) is 15.4 Å². The van der Waals surface area contributed by atoms with Crippen LogP contribution < -0.4 is 11.1 Å². The van der Waals surface area contributed by atoms with Crippen LogP contribution in [0.25, 0.3) is 5.52 Å². The molecule has 0 aliphatic heterocycles. The van der Waals surface area contributed by atoms with Crippen LogP contribution in [0.5, 0.6) is 0 Å². The van der Waals surface area contributed by atoms with Gasteiger partial charge >= 0.3 is 0 Å². The number of hydrogen-bond donors (Lipinski definition) is 2. The van der Waals surface area contributed by atoms with Crippen LogP contribution in [0, 0.1) is 0 Å². The van der Waals surface area contributed by atoms with Crippen LogP contribution in [0.2, 0.25) is 0 Å². The summed E-state index contributed by atoms with van der Waals surface area (Å²) in [6, 6.07) is 6.51. The van der Waals surface area contributed by atoms with E-state index < -0.39 is 0 Å². The Morgan fingerprint density at radius 3 is 2.95 bits per heavy atom. The fraction of sp³-hybridized carbons (Fsp3) is 0.467. The minimum Gasteiger partial charge on any atom is -0.370 e. The minimum atomic E-state index is 0. The van der Waals surface area contributed by atoms with Crippen molar-refractivity contribution in [2.24, 2.45) is 10.7 Å². The Balaban J connectivity index is 0.00000161. The standard InChI is InChI=1S/C15H21N5.HI/c16-15(19-13-6-2-1-3-7-13)17-10-12-11-18-20-9-5-4-8-14(12)20;/h4-5,8-9,11,13H,1-3,6-7,10H2,(H3,16,17,19);1H. The predicted octanol–water partition coefficient (Wildman–Crippen LogP) is 2.69. The Labute approximate surface area is 142 Å². The normalized spacial score (nSPS) is 16.7. The van der Waals surface area contributed by atoms with Crippen LogP contribution in [0.4, 0.5) is 0 Å². The molecule has 1 fully saturated rings. The minimum absolute atomic E-state index is 0. The van der Waals surface area contributed by atoms with E-state index in [-0.39, 0.29) is 24.0 Å². The van der Waals surface area contributed by atoms with Crippen molar-refractivity contribution in [3.8, 4) is 0 Å². The van der Waals surface area contributed by atoms with Gasteiger partial charge in [0.2, 0.25) is 0 Å². The molecular weight excluding hydrogens is 377 g/mol. The van der Waals surface area contributed by atoms with Gasteiger partial charge in [-0.15, -0.1) is 24.0 Å². The molecule has 2 aromatic heterocycles. The van der Waals surface area contributed by atoms with Gasteiger partial charge in [-0.1, -0.05) is 25.3 Å². The largest absolute Gasteiger partial charge is 0.370 e. The van der Waals surface area contributed by atoms with Crippen LogP contribution >= 0.6 is 24.0 Å². The second-order valence-corrected chi connectivity index (χ2v) is 5.38. The van der Waals surface area contributed by atoms with Gasteiger partial charge in [0.15, 0.2) is 5.96 Å². The van der Waals surface area contributed by atoms with Gasteiger partial charge in [0.25, 0.3) is 0 Å². The number of fused-ring (bicyclic) bond motifs is 1. The van der Waals surface area contributed by atoms with Crippen molar-refractivity contribution in [1.29, 1.82) is 0 Å². The lowest BCUT2D eigenvalue weighted by molar-refractivity contribution is 0.412. The maximum Gasteiger partial charge on any atom is 0.189 e. The van der Waals surface area contributed by atoms with Crippen LogP contribution in [-0.2, 0) is 6.54 Å². The second-order valence-electron chi connectivity index (χ2n) is 5.38. The summed E-state index contributed by atoms with van der Waals surface area (Å²) in [5, 5.41) is 7.63. The molecule has 0 aromatic carbocycles.